The number of nitrogens with one attached hydrogen (secondary N) is 3. The van der Waals surface area contributed by atoms with Crippen molar-refractivity contribution in [1.29, 1.82) is 0 Å². The first-order valence-electron chi connectivity index (χ1n) is 9.88. The molecule has 0 heterocycles. The molecule has 0 aliphatic carbocycles. The lowest BCUT2D eigenvalue weighted by Gasteiger charge is -2.23. The average molecular weight is 433 g/mol. The van der Waals surface area contributed by atoms with E-state index < -0.39 is 41.8 Å². The molecule has 6 N–H and O–H groups in total. The number of aliphatic carboxylic acids is 1. The molecule has 4 atom stereocenters. The van der Waals surface area contributed by atoms with Gasteiger partial charge in [0.25, 0.3) is 0 Å². The molecule has 0 aliphatic heterocycles. The Labute approximate surface area is 177 Å². The van der Waals surface area contributed by atoms with Crippen molar-refractivity contribution >= 4 is 35.5 Å². The van der Waals surface area contributed by atoms with E-state index in [9.17, 15) is 24.3 Å². The number of hydrogen-bond acceptors (Lipinski definition) is 6. The Hall–Kier alpha value is -1.81. The molecule has 0 aromatic carbocycles. The molecule has 0 saturated carbocycles. The minimum absolute atomic E-state index is 0.0215. The maximum absolute atomic E-state index is 12.6. The van der Waals surface area contributed by atoms with Gasteiger partial charge in [-0.05, 0) is 36.7 Å². The van der Waals surface area contributed by atoms with Gasteiger partial charge in [0.1, 0.15) is 12.1 Å². The van der Waals surface area contributed by atoms with Gasteiger partial charge in [0, 0.05) is 0 Å². The van der Waals surface area contributed by atoms with Crippen LogP contribution < -0.4 is 21.7 Å². The number of rotatable bonds is 14. The summed E-state index contributed by atoms with van der Waals surface area (Å²) in [5.74, 6) is -1.98. The summed E-state index contributed by atoms with van der Waals surface area (Å²) in [5, 5.41) is 16.8. The van der Waals surface area contributed by atoms with Gasteiger partial charge in [-0.2, -0.15) is 11.8 Å². The second-order valence-electron chi connectivity index (χ2n) is 7.56. The van der Waals surface area contributed by atoms with Crippen LogP contribution in [0.5, 0.6) is 0 Å². The molecule has 0 aromatic rings. The second-order valence-corrected chi connectivity index (χ2v) is 8.55. The topological polar surface area (TPSA) is 151 Å². The normalized spacial score (nSPS) is 15.1. The fourth-order valence-electron chi connectivity index (χ4n) is 2.51. The van der Waals surface area contributed by atoms with Crippen LogP contribution in [0.1, 0.15) is 47.0 Å². The second kappa shape index (κ2) is 14.2. The van der Waals surface area contributed by atoms with E-state index in [1.807, 2.05) is 34.0 Å². The maximum atomic E-state index is 12.6. The standard InChI is InChI=1S/C19H36N4O5S/c1-6-12(4)16(20)18(26)21-10-15(24)22-14(9-11(2)3)17(25)23-13(19(27)28)7-8-29-5/h11-14,16H,6-10,20H2,1-5H3,(H,21,26)(H,22,24)(H,23,25)(H,27,28)/t12-,13-,14-,16+/m0/s1. The third kappa shape index (κ3) is 11.1. The Morgan fingerprint density at radius 3 is 2.14 bits per heavy atom. The quantitative estimate of drug-likeness (QED) is 0.265. The van der Waals surface area contributed by atoms with Gasteiger partial charge in [-0.15, -0.1) is 0 Å². The molecular weight excluding hydrogens is 396 g/mol. The van der Waals surface area contributed by atoms with Crippen LogP contribution in [0.15, 0.2) is 0 Å². The number of carboxylic acids is 1. The van der Waals surface area contributed by atoms with E-state index in [0.717, 1.165) is 6.42 Å². The Kier molecular flexibility index (Phi) is 13.3. The van der Waals surface area contributed by atoms with Gasteiger partial charge in [0.2, 0.25) is 17.7 Å². The van der Waals surface area contributed by atoms with Crippen molar-refractivity contribution < 1.29 is 24.3 Å². The molecule has 10 heteroatoms. The van der Waals surface area contributed by atoms with Crippen LogP contribution in [-0.4, -0.2) is 65.5 Å². The van der Waals surface area contributed by atoms with Crippen LogP contribution in [0, 0.1) is 11.8 Å². The monoisotopic (exact) mass is 432 g/mol. The number of amides is 3. The van der Waals surface area contributed by atoms with Gasteiger partial charge in [-0.1, -0.05) is 34.1 Å². The zero-order chi connectivity index (χ0) is 22.6. The summed E-state index contributed by atoms with van der Waals surface area (Å²) >= 11 is 1.48. The number of thioether (sulfide) groups is 1. The highest BCUT2D eigenvalue weighted by atomic mass is 32.2. The minimum Gasteiger partial charge on any atom is -0.480 e. The highest BCUT2D eigenvalue weighted by molar-refractivity contribution is 7.98. The molecule has 0 saturated heterocycles. The molecule has 168 valence electrons. The van der Waals surface area contributed by atoms with Crippen molar-refractivity contribution in [2.45, 2.75) is 65.1 Å². The van der Waals surface area contributed by atoms with E-state index >= 15 is 0 Å². The number of carbonyl (C=O) groups excluding carboxylic acids is 3. The average Bonchev–Trinajstić information content (AvgIpc) is 2.66. The summed E-state index contributed by atoms with van der Waals surface area (Å²) in [4.78, 5) is 48.2. The summed E-state index contributed by atoms with van der Waals surface area (Å²) in [7, 11) is 0. The fraction of sp³-hybridized carbons (Fsp3) is 0.789. The number of nitrogens with two attached hydrogens (primary N) is 1. The van der Waals surface area contributed by atoms with Crippen LogP contribution in [0.4, 0.5) is 0 Å². The predicted octanol–water partition coefficient (Wildman–Crippen LogP) is 0.329. The molecule has 0 rings (SSSR count). The van der Waals surface area contributed by atoms with Gasteiger partial charge in [-0.3, -0.25) is 14.4 Å². The molecule has 0 spiro atoms. The molecule has 0 fully saturated rings. The van der Waals surface area contributed by atoms with Crippen LogP contribution in [0.25, 0.3) is 0 Å². The van der Waals surface area contributed by atoms with Crippen molar-refractivity contribution in [2.75, 3.05) is 18.6 Å². The molecule has 0 radical (unpaired) electrons. The molecule has 0 bridgehead atoms. The van der Waals surface area contributed by atoms with Crippen LogP contribution >= 0.6 is 11.8 Å². The third-order valence-electron chi connectivity index (χ3n) is 4.57. The van der Waals surface area contributed by atoms with Gasteiger partial charge in [0.15, 0.2) is 0 Å². The Bertz CT molecular complexity index is 559. The van der Waals surface area contributed by atoms with Crippen molar-refractivity contribution in [3.05, 3.63) is 0 Å². The number of hydrogen-bond donors (Lipinski definition) is 5. The van der Waals surface area contributed by atoms with Gasteiger partial charge < -0.3 is 26.8 Å². The van der Waals surface area contributed by atoms with Crippen molar-refractivity contribution in [1.82, 2.24) is 16.0 Å². The summed E-state index contributed by atoms with van der Waals surface area (Å²) < 4.78 is 0. The fourth-order valence-corrected chi connectivity index (χ4v) is 2.98. The maximum Gasteiger partial charge on any atom is 0.326 e. The Balaban J connectivity index is 4.88. The van der Waals surface area contributed by atoms with E-state index in [1.54, 1.807) is 0 Å². The summed E-state index contributed by atoms with van der Waals surface area (Å²) in [6.45, 7) is 7.25. The van der Waals surface area contributed by atoms with E-state index in [-0.39, 0.29) is 24.8 Å². The number of carboxylic acid groups (broad SMARTS) is 1. The molecule has 0 unspecified atom stereocenters. The zero-order valence-corrected chi connectivity index (χ0v) is 18.8. The lowest BCUT2D eigenvalue weighted by molar-refractivity contribution is -0.142. The van der Waals surface area contributed by atoms with Gasteiger partial charge in [-0.25, -0.2) is 4.79 Å². The van der Waals surface area contributed by atoms with E-state index in [1.165, 1.54) is 11.8 Å². The first-order chi connectivity index (χ1) is 13.5. The van der Waals surface area contributed by atoms with Crippen molar-refractivity contribution in [3.63, 3.8) is 0 Å². The SMILES string of the molecule is CC[C@H](C)[C@@H](N)C(=O)NCC(=O)N[C@@H](CC(C)C)C(=O)N[C@@H](CCSC)C(=O)O. The molecular formula is C19H36N4O5S. The first kappa shape index (κ1) is 27.2. The Morgan fingerprint density at radius 2 is 1.66 bits per heavy atom. The van der Waals surface area contributed by atoms with Crippen molar-refractivity contribution in [3.8, 4) is 0 Å². The van der Waals surface area contributed by atoms with E-state index in [2.05, 4.69) is 16.0 Å². The molecule has 0 aliphatic rings. The molecule has 0 aromatic heterocycles. The Morgan fingerprint density at radius 1 is 1.03 bits per heavy atom. The highest BCUT2D eigenvalue weighted by Crippen LogP contribution is 2.08. The molecule has 3 amide bonds. The number of carbonyl (C=O) groups is 4. The lowest BCUT2D eigenvalue weighted by atomic mass is 9.99. The summed E-state index contributed by atoms with van der Waals surface area (Å²) in [6.07, 6.45) is 3.21. The van der Waals surface area contributed by atoms with Crippen LogP contribution in [0.2, 0.25) is 0 Å². The van der Waals surface area contributed by atoms with E-state index in [4.69, 9.17) is 5.73 Å². The first-order valence-corrected chi connectivity index (χ1v) is 11.3. The predicted molar refractivity (Wildman–Crippen MR) is 114 cm³/mol. The highest BCUT2D eigenvalue weighted by Gasteiger charge is 2.27. The molecule has 9 nitrogen and oxygen atoms in total. The zero-order valence-electron chi connectivity index (χ0n) is 18.0. The van der Waals surface area contributed by atoms with Crippen molar-refractivity contribution in [2.24, 2.45) is 17.6 Å². The van der Waals surface area contributed by atoms with Gasteiger partial charge >= 0.3 is 5.97 Å². The van der Waals surface area contributed by atoms with Gasteiger partial charge in [0.05, 0.1) is 12.6 Å². The third-order valence-corrected chi connectivity index (χ3v) is 5.21. The summed E-state index contributed by atoms with van der Waals surface area (Å²) in [5.41, 5.74) is 5.83. The minimum atomic E-state index is -1.12. The largest absolute Gasteiger partial charge is 0.480 e. The van der Waals surface area contributed by atoms with Crippen LogP contribution in [0.3, 0.4) is 0 Å². The molecule has 29 heavy (non-hydrogen) atoms. The summed E-state index contributed by atoms with van der Waals surface area (Å²) in [6, 6.07) is -2.62. The van der Waals surface area contributed by atoms with Crippen LogP contribution in [-0.2, 0) is 19.2 Å². The smallest absolute Gasteiger partial charge is 0.326 e. The van der Waals surface area contributed by atoms with E-state index in [0.29, 0.717) is 12.2 Å². The lowest BCUT2D eigenvalue weighted by Crippen LogP contribution is -2.54.